The summed E-state index contributed by atoms with van der Waals surface area (Å²) < 4.78 is 9.90. The number of carbonyl (C=O) groups is 1. The normalized spacial score (nSPS) is 12.2. The third-order valence-electron chi connectivity index (χ3n) is 2.62. The fraction of sp³-hybridized carbons (Fsp3) is 0.267. The largest absolute Gasteiger partial charge is 0.497 e. The molecular weight excluding hydrogens is 244 g/mol. The third-order valence-corrected chi connectivity index (χ3v) is 2.62. The molecule has 0 saturated heterocycles. The number of ether oxygens (including phenoxy) is 2. The van der Waals surface area contributed by atoms with E-state index in [-0.39, 0.29) is 5.76 Å². The highest BCUT2D eigenvalue weighted by atomic mass is 16.5. The Morgan fingerprint density at radius 3 is 2.32 bits per heavy atom. The molecule has 0 saturated carbocycles. The first kappa shape index (κ1) is 14.8. The predicted molar refractivity (Wildman–Crippen MR) is 74.0 cm³/mol. The van der Waals surface area contributed by atoms with Crippen LogP contribution < -0.4 is 4.74 Å². The van der Waals surface area contributed by atoms with Gasteiger partial charge in [0.15, 0.2) is 0 Å². The molecule has 4 nitrogen and oxygen atoms in total. The molecule has 1 aromatic rings. The molecule has 0 spiro atoms. The van der Waals surface area contributed by atoms with E-state index in [0.717, 1.165) is 16.9 Å². The molecule has 0 amide bonds. The van der Waals surface area contributed by atoms with Crippen molar-refractivity contribution in [3.05, 3.63) is 47.2 Å². The molecule has 102 valence electrons. The van der Waals surface area contributed by atoms with Crippen LogP contribution in [0.25, 0.3) is 6.08 Å². The minimum absolute atomic E-state index is 0.0680. The molecule has 0 fully saturated rings. The van der Waals surface area contributed by atoms with Crippen LogP contribution in [0.5, 0.6) is 5.75 Å². The summed E-state index contributed by atoms with van der Waals surface area (Å²) in [6.45, 7) is 1.96. The van der Waals surface area contributed by atoms with Crippen molar-refractivity contribution in [2.75, 3.05) is 14.2 Å². The Morgan fingerprint density at radius 1 is 1.26 bits per heavy atom. The Balaban J connectivity index is 3.00. The van der Waals surface area contributed by atoms with Gasteiger partial charge in [0, 0.05) is 0 Å². The number of carboxylic acids is 1. The highest BCUT2D eigenvalue weighted by Gasteiger charge is 2.07. The topological polar surface area (TPSA) is 55.8 Å². The molecule has 1 aromatic carbocycles. The van der Waals surface area contributed by atoms with Crippen LogP contribution in [0.3, 0.4) is 0 Å². The average Bonchev–Trinajstić information content (AvgIpc) is 2.43. The monoisotopic (exact) mass is 262 g/mol. The van der Waals surface area contributed by atoms with Crippen molar-refractivity contribution < 1.29 is 19.4 Å². The zero-order valence-electron chi connectivity index (χ0n) is 11.3. The van der Waals surface area contributed by atoms with Gasteiger partial charge in [-0.05, 0) is 35.8 Å². The van der Waals surface area contributed by atoms with Crippen LogP contribution in [0.4, 0.5) is 0 Å². The lowest BCUT2D eigenvalue weighted by Crippen LogP contribution is -2.02. The van der Waals surface area contributed by atoms with Crippen molar-refractivity contribution >= 4 is 12.0 Å². The lowest BCUT2D eigenvalue weighted by Gasteiger charge is -2.04. The third kappa shape index (κ3) is 4.50. The van der Waals surface area contributed by atoms with Crippen LogP contribution in [0, 0.1) is 0 Å². The quantitative estimate of drug-likeness (QED) is 0.486. The Bertz CT molecular complexity index is 483. The zero-order chi connectivity index (χ0) is 14.3. The zero-order valence-corrected chi connectivity index (χ0v) is 11.3. The number of methoxy groups -OCH3 is 2. The highest BCUT2D eigenvalue weighted by molar-refractivity contribution is 5.85. The summed E-state index contributed by atoms with van der Waals surface area (Å²) in [7, 11) is 2.96. The number of rotatable bonds is 6. The van der Waals surface area contributed by atoms with E-state index in [1.54, 1.807) is 7.11 Å². The van der Waals surface area contributed by atoms with Crippen LogP contribution in [-0.4, -0.2) is 25.3 Å². The average molecular weight is 262 g/mol. The van der Waals surface area contributed by atoms with Gasteiger partial charge in [0.05, 0.1) is 14.2 Å². The van der Waals surface area contributed by atoms with Crippen LogP contribution in [-0.2, 0) is 9.53 Å². The maximum atomic E-state index is 10.9. The molecule has 0 aliphatic rings. The second kappa shape index (κ2) is 7.26. The van der Waals surface area contributed by atoms with E-state index in [9.17, 15) is 4.79 Å². The SMILES string of the molecule is CCC(=Cc1ccc(OC)cc1)C=C(OC)C(=O)O. The lowest BCUT2D eigenvalue weighted by molar-refractivity contribution is -0.136. The summed E-state index contributed by atoms with van der Waals surface area (Å²) in [6, 6.07) is 7.54. The summed E-state index contributed by atoms with van der Waals surface area (Å²) >= 11 is 0. The molecule has 0 heterocycles. The molecule has 0 unspecified atom stereocenters. The van der Waals surface area contributed by atoms with Crippen LogP contribution in [0.2, 0.25) is 0 Å². The Morgan fingerprint density at radius 2 is 1.89 bits per heavy atom. The number of hydrogen-bond acceptors (Lipinski definition) is 3. The maximum Gasteiger partial charge on any atom is 0.371 e. The van der Waals surface area contributed by atoms with Gasteiger partial charge in [0.2, 0.25) is 5.76 Å². The van der Waals surface area contributed by atoms with Crippen molar-refractivity contribution in [2.24, 2.45) is 0 Å². The first-order valence-corrected chi connectivity index (χ1v) is 5.94. The van der Waals surface area contributed by atoms with Crippen molar-refractivity contribution in [1.29, 1.82) is 0 Å². The second-order valence-electron chi connectivity index (χ2n) is 3.86. The molecule has 0 radical (unpaired) electrons. The lowest BCUT2D eigenvalue weighted by atomic mass is 10.1. The Kier molecular flexibility index (Phi) is 5.67. The van der Waals surface area contributed by atoms with Gasteiger partial charge in [-0.1, -0.05) is 25.1 Å². The van der Waals surface area contributed by atoms with Crippen molar-refractivity contribution in [1.82, 2.24) is 0 Å². The number of hydrogen-bond donors (Lipinski definition) is 1. The van der Waals surface area contributed by atoms with E-state index in [0.29, 0.717) is 6.42 Å². The van der Waals surface area contributed by atoms with E-state index in [1.807, 2.05) is 37.3 Å². The standard InChI is InChI=1S/C15H18O4/c1-4-11(10-14(19-3)15(16)17)9-12-5-7-13(18-2)8-6-12/h5-10H,4H2,1-3H3,(H,16,17). The summed E-state index contributed by atoms with van der Waals surface area (Å²) in [5.74, 6) is -0.355. The molecule has 0 aromatic heterocycles. The summed E-state index contributed by atoms with van der Waals surface area (Å²) in [5, 5.41) is 8.92. The van der Waals surface area contributed by atoms with E-state index in [2.05, 4.69) is 0 Å². The van der Waals surface area contributed by atoms with Gasteiger partial charge < -0.3 is 14.6 Å². The van der Waals surface area contributed by atoms with Gasteiger partial charge in [-0.2, -0.15) is 0 Å². The molecule has 0 atom stereocenters. The molecule has 19 heavy (non-hydrogen) atoms. The van der Waals surface area contributed by atoms with Crippen LogP contribution in [0.1, 0.15) is 18.9 Å². The highest BCUT2D eigenvalue weighted by Crippen LogP contribution is 2.17. The van der Waals surface area contributed by atoms with E-state index in [1.165, 1.54) is 13.2 Å². The van der Waals surface area contributed by atoms with E-state index >= 15 is 0 Å². The molecule has 4 heteroatoms. The van der Waals surface area contributed by atoms with E-state index < -0.39 is 5.97 Å². The van der Waals surface area contributed by atoms with Gasteiger partial charge in [-0.3, -0.25) is 0 Å². The summed E-state index contributed by atoms with van der Waals surface area (Å²) in [6.07, 6.45) is 4.17. The van der Waals surface area contributed by atoms with Gasteiger partial charge in [-0.15, -0.1) is 0 Å². The number of carboxylic acid groups (broad SMARTS) is 1. The number of aliphatic carboxylic acids is 1. The van der Waals surface area contributed by atoms with Gasteiger partial charge in [0.1, 0.15) is 5.75 Å². The molecule has 1 rings (SSSR count). The summed E-state index contributed by atoms with van der Waals surface area (Å²) in [4.78, 5) is 10.9. The molecule has 0 aliphatic heterocycles. The fourth-order valence-electron chi connectivity index (χ4n) is 1.54. The molecule has 1 N–H and O–H groups in total. The Labute approximate surface area is 113 Å². The van der Waals surface area contributed by atoms with Crippen molar-refractivity contribution in [3.8, 4) is 5.75 Å². The number of benzene rings is 1. The van der Waals surface area contributed by atoms with Gasteiger partial charge in [-0.25, -0.2) is 4.79 Å². The number of allylic oxidation sites excluding steroid dienone is 2. The molecule has 0 bridgehead atoms. The smallest absolute Gasteiger partial charge is 0.371 e. The van der Waals surface area contributed by atoms with Crippen molar-refractivity contribution in [3.63, 3.8) is 0 Å². The van der Waals surface area contributed by atoms with Gasteiger partial charge in [0.25, 0.3) is 0 Å². The predicted octanol–water partition coefficient (Wildman–Crippen LogP) is 3.10. The van der Waals surface area contributed by atoms with Crippen LogP contribution in [0.15, 0.2) is 41.7 Å². The van der Waals surface area contributed by atoms with Crippen LogP contribution >= 0.6 is 0 Å². The van der Waals surface area contributed by atoms with E-state index in [4.69, 9.17) is 14.6 Å². The first-order chi connectivity index (χ1) is 9.10. The summed E-state index contributed by atoms with van der Waals surface area (Å²) in [5.41, 5.74) is 1.86. The fourth-order valence-corrected chi connectivity index (χ4v) is 1.54. The maximum absolute atomic E-state index is 10.9. The molecule has 0 aliphatic carbocycles. The minimum atomic E-state index is -1.07. The first-order valence-electron chi connectivity index (χ1n) is 5.94. The minimum Gasteiger partial charge on any atom is -0.497 e. The molecular formula is C15H18O4. The Hall–Kier alpha value is -2.23. The van der Waals surface area contributed by atoms with Gasteiger partial charge >= 0.3 is 5.97 Å². The van der Waals surface area contributed by atoms with Crippen molar-refractivity contribution in [2.45, 2.75) is 13.3 Å². The second-order valence-corrected chi connectivity index (χ2v) is 3.86.